The van der Waals surface area contributed by atoms with E-state index in [1.807, 2.05) is 24.3 Å². The number of rotatable bonds is 6. The highest BCUT2D eigenvalue weighted by molar-refractivity contribution is 5.74. The van der Waals surface area contributed by atoms with Crippen LogP contribution in [0.4, 0.5) is 4.79 Å². The Kier molecular flexibility index (Phi) is 5.12. The minimum absolute atomic E-state index is 0.111. The number of hydrogen-bond acceptors (Lipinski definition) is 4. The number of amides is 2. The molecule has 1 saturated heterocycles. The highest BCUT2D eigenvalue weighted by Gasteiger charge is 2.16. The SMILES string of the molecule is CN(CCC[C@@H]1CCCO1)C(=O)NCc1nc2ccccc2o1. The monoisotopic (exact) mass is 317 g/mol. The summed E-state index contributed by atoms with van der Waals surface area (Å²) in [6.07, 6.45) is 4.66. The van der Waals surface area contributed by atoms with E-state index in [2.05, 4.69) is 10.3 Å². The summed E-state index contributed by atoms with van der Waals surface area (Å²) < 4.78 is 11.2. The van der Waals surface area contributed by atoms with E-state index in [-0.39, 0.29) is 6.03 Å². The first kappa shape index (κ1) is 15.8. The van der Waals surface area contributed by atoms with Crippen LogP contribution in [-0.2, 0) is 11.3 Å². The molecular weight excluding hydrogens is 294 g/mol. The fraction of sp³-hybridized carbons (Fsp3) is 0.529. The highest BCUT2D eigenvalue weighted by Crippen LogP contribution is 2.17. The maximum absolute atomic E-state index is 12.1. The van der Waals surface area contributed by atoms with Gasteiger partial charge in [0.2, 0.25) is 5.89 Å². The van der Waals surface area contributed by atoms with E-state index in [9.17, 15) is 4.79 Å². The molecule has 6 nitrogen and oxygen atoms in total. The second kappa shape index (κ2) is 7.46. The topological polar surface area (TPSA) is 67.6 Å². The van der Waals surface area contributed by atoms with Crippen molar-refractivity contribution in [3.8, 4) is 0 Å². The van der Waals surface area contributed by atoms with Gasteiger partial charge in [0.05, 0.1) is 12.6 Å². The zero-order valence-corrected chi connectivity index (χ0v) is 13.5. The van der Waals surface area contributed by atoms with Crippen LogP contribution in [0.25, 0.3) is 11.1 Å². The molecule has 124 valence electrons. The van der Waals surface area contributed by atoms with Crippen LogP contribution in [0.1, 0.15) is 31.6 Å². The van der Waals surface area contributed by atoms with Gasteiger partial charge in [0.15, 0.2) is 5.58 Å². The van der Waals surface area contributed by atoms with Crippen molar-refractivity contribution in [2.24, 2.45) is 0 Å². The largest absolute Gasteiger partial charge is 0.439 e. The Balaban J connectivity index is 1.40. The third-order valence-electron chi connectivity index (χ3n) is 4.12. The predicted molar refractivity (Wildman–Crippen MR) is 87.1 cm³/mol. The lowest BCUT2D eigenvalue weighted by Crippen LogP contribution is -2.37. The number of hydrogen-bond donors (Lipinski definition) is 1. The van der Waals surface area contributed by atoms with E-state index in [1.54, 1.807) is 11.9 Å². The van der Waals surface area contributed by atoms with Gasteiger partial charge < -0.3 is 19.4 Å². The first-order valence-electron chi connectivity index (χ1n) is 8.17. The second-order valence-corrected chi connectivity index (χ2v) is 5.93. The third-order valence-corrected chi connectivity index (χ3v) is 4.12. The van der Waals surface area contributed by atoms with Crippen LogP contribution in [0.5, 0.6) is 0 Å². The molecule has 1 aliphatic heterocycles. The number of urea groups is 1. The van der Waals surface area contributed by atoms with Crippen molar-refractivity contribution in [1.29, 1.82) is 0 Å². The quantitative estimate of drug-likeness (QED) is 0.889. The Labute approximate surface area is 135 Å². The molecule has 1 aromatic carbocycles. The molecule has 23 heavy (non-hydrogen) atoms. The number of carbonyl (C=O) groups excluding carboxylic acids is 1. The summed E-state index contributed by atoms with van der Waals surface area (Å²) in [6.45, 7) is 1.90. The molecule has 0 aliphatic carbocycles. The summed E-state index contributed by atoms with van der Waals surface area (Å²) >= 11 is 0. The Morgan fingerprint density at radius 3 is 3.09 bits per heavy atom. The Hall–Kier alpha value is -2.08. The fourth-order valence-corrected chi connectivity index (χ4v) is 2.81. The highest BCUT2D eigenvalue weighted by atomic mass is 16.5. The lowest BCUT2D eigenvalue weighted by molar-refractivity contribution is 0.100. The van der Waals surface area contributed by atoms with Crippen LogP contribution >= 0.6 is 0 Å². The van der Waals surface area contributed by atoms with Gasteiger partial charge in [-0.1, -0.05) is 12.1 Å². The average Bonchev–Trinajstić information content (AvgIpc) is 3.21. The number of ether oxygens (including phenoxy) is 1. The van der Waals surface area contributed by atoms with Gasteiger partial charge in [0.1, 0.15) is 5.52 Å². The smallest absolute Gasteiger partial charge is 0.317 e. The van der Waals surface area contributed by atoms with Crippen LogP contribution < -0.4 is 5.32 Å². The molecule has 0 bridgehead atoms. The maximum Gasteiger partial charge on any atom is 0.317 e. The zero-order valence-electron chi connectivity index (χ0n) is 13.5. The number of para-hydroxylation sites is 2. The summed E-state index contributed by atoms with van der Waals surface area (Å²) in [6, 6.07) is 7.46. The molecule has 1 fully saturated rings. The zero-order chi connectivity index (χ0) is 16.1. The molecule has 0 spiro atoms. The summed E-state index contributed by atoms with van der Waals surface area (Å²) in [5.74, 6) is 0.521. The van der Waals surface area contributed by atoms with E-state index in [4.69, 9.17) is 9.15 Å². The van der Waals surface area contributed by atoms with Crippen molar-refractivity contribution >= 4 is 17.1 Å². The van der Waals surface area contributed by atoms with Crippen molar-refractivity contribution in [1.82, 2.24) is 15.2 Å². The first-order valence-corrected chi connectivity index (χ1v) is 8.17. The predicted octanol–water partition coefficient (Wildman–Crippen LogP) is 2.93. The van der Waals surface area contributed by atoms with Crippen molar-refractivity contribution in [2.45, 2.75) is 38.3 Å². The molecule has 3 rings (SSSR count). The molecule has 1 atom stereocenters. The van der Waals surface area contributed by atoms with Crippen LogP contribution in [0, 0.1) is 0 Å². The number of aromatic nitrogens is 1. The van der Waals surface area contributed by atoms with Gasteiger partial charge in [0, 0.05) is 20.2 Å². The van der Waals surface area contributed by atoms with Crippen LogP contribution in [0.2, 0.25) is 0 Å². The Morgan fingerprint density at radius 2 is 2.30 bits per heavy atom. The number of oxazole rings is 1. The lowest BCUT2D eigenvalue weighted by Gasteiger charge is -2.18. The summed E-state index contributed by atoms with van der Waals surface area (Å²) in [5.41, 5.74) is 1.54. The number of carbonyl (C=O) groups is 1. The number of fused-ring (bicyclic) bond motifs is 1. The molecule has 2 heterocycles. The van der Waals surface area contributed by atoms with Gasteiger partial charge in [-0.2, -0.15) is 0 Å². The van der Waals surface area contributed by atoms with Gasteiger partial charge in [-0.15, -0.1) is 0 Å². The Bertz CT molecular complexity index is 616. The molecule has 0 saturated carbocycles. The van der Waals surface area contributed by atoms with E-state index in [0.717, 1.165) is 49.9 Å². The minimum Gasteiger partial charge on any atom is -0.439 e. The second-order valence-electron chi connectivity index (χ2n) is 5.93. The van der Waals surface area contributed by atoms with Crippen molar-refractivity contribution in [3.05, 3.63) is 30.2 Å². The molecule has 2 aromatic rings. The summed E-state index contributed by atoms with van der Waals surface area (Å²) in [7, 11) is 1.80. The van der Waals surface area contributed by atoms with Crippen molar-refractivity contribution in [3.63, 3.8) is 0 Å². The van der Waals surface area contributed by atoms with Gasteiger partial charge >= 0.3 is 6.03 Å². The molecule has 1 aliphatic rings. The van der Waals surface area contributed by atoms with Gasteiger partial charge in [-0.05, 0) is 37.8 Å². The van der Waals surface area contributed by atoms with E-state index >= 15 is 0 Å². The van der Waals surface area contributed by atoms with E-state index < -0.39 is 0 Å². The number of nitrogens with one attached hydrogen (secondary N) is 1. The molecule has 1 aromatic heterocycles. The maximum atomic E-state index is 12.1. The third kappa shape index (κ3) is 4.22. The molecule has 6 heteroatoms. The number of nitrogens with zero attached hydrogens (tertiary/aromatic N) is 2. The van der Waals surface area contributed by atoms with Crippen LogP contribution in [-0.4, -0.2) is 42.2 Å². The summed E-state index contributed by atoms with van der Waals surface area (Å²) in [4.78, 5) is 18.1. The molecule has 0 radical (unpaired) electrons. The van der Waals surface area contributed by atoms with Crippen LogP contribution in [0.15, 0.2) is 28.7 Å². The molecular formula is C17H23N3O3. The normalized spacial score (nSPS) is 17.5. The van der Waals surface area contributed by atoms with E-state index in [1.165, 1.54) is 0 Å². The fourth-order valence-electron chi connectivity index (χ4n) is 2.81. The van der Waals surface area contributed by atoms with E-state index in [0.29, 0.717) is 18.5 Å². The molecule has 0 unspecified atom stereocenters. The van der Waals surface area contributed by atoms with Gasteiger partial charge in [-0.3, -0.25) is 0 Å². The minimum atomic E-state index is -0.111. The van der Waals surface area contributed by atoms with Gasteiger partial charge in [-0.25, -0.2) is 9.78 Å². The van der Waals surface area contributed by atoms with Crippen molar-refractivity contribution in [2.75, 3.05) is 20.2 Å². The Morgan fingerprint density at radius 1 is 1.43 bits per heavy atom. The first-order chi connectivity index (χ1) is 11.2. The average molecular weight is 317 g/mol. The summed E-state index contributed by atoms with van der Waals surface area (Å²) in [5, 5.41) is 2.84. The van der Waals surface area contributed by atoms with Crippen LogP contribution in [0.3, 0.4) is 0 Å². The standard InChI is InChI=1S/C17H23N3O3/c1-20(10-4-6-13-7-5-11-22-13)17(21)18-12-16-19-14-8-2-3-9-15(14)23-16/h2-3,8-9,13H,4-7,10-12H2,1H3,(H,18,21)/t13-/m1/s1. The number of benzene rings is 1. The van der Waals surface area contributed by atoms with Crippen molar-refractivity contribution < 1.29 is 13.9 Å². The van der Waals surface area contributed by atoms with Gasteiger partial charge in [0.25, 0.3) is 0 Å². The molecule has 2 amide bonds. The molecule has 1 N–H and O–H groups in total. The lowest BCUT2D eigenvalue weighted by atomic mass is 10.1.